The van der Waals surface area contributed by atoms with Gasteiger partial charge in [-0.25, -0.2) is 0 Å². The highest BCUT2D eigenvalue weighted by Crippen LogP contribution is 2.39. The van der Waals surface area contributed by atoms with Crippen molar-refractivity contribution in [3.63, 3.8) is 0 Å². The molecular weight excluding hydrogens is 227 g/mol. The molecule has 0 aromatic heterocycles. The predicted octanol–water partition coefficient (Wildman–Crippen LogP) is 2.74. The fourth-order valence-electron chi connectivity index (χ4n) is 1.67. The van der Waals surface area contributed by atoms with Gasteiger partial charge in [0.2, 0.25) is 0 Å². The molecule has 2 aromatic rings. The van der Waals surface area contributed by atoms with Crippen LogP contribution in [0, 0.1) is 0 Å². The van der Waals surface area contributed by atoms with Gasteiger partial charge in [0, 0.05) is 10.6 Å². The molecule has 83 valence electrons. The molecular formula is C15H12OP. The van der Waals surface area contributed by atoms with Gasteiger partial charge >= 0.3 is 0 Å². The molecule has 0 N–H and O–H groups in total. The van der Waals surface area contributed by atoms with Crippen molar-refractivity contribution in [3.8, 4) is 0 Å². The molecule has 0 heterocycles. The van der Waals surface area contributed by atoms with Crippen LogP contribution in [0.15, 0.2) is 73.0 Å². The van der Waals surface area contributed by atoms with Gasteiger partial charge in [-0.15, -0.1) is 0 Å². The highest BCUT2D eigenvalue weighted by Gasteiger charge is 2.20. The van der Waals surface area contributed by atoms with Crippen molar-refractivity contribution in [2.45, 2.75) is 0 Å². The zero-order valence-corrected chi connectivity index (χ0v) is 10.2. The second-order valence-electron chi connectivity index (χ2n) is 3.57. The van der Waals surface area contributed by atoms with Crippen LogP contribution in [-0.2, 0) is 4.89 Å². The SMILES string of the molecule is C=C=C=P([O])(c1ccccc1)c1ccccc1. The second kappa shape index (κ2) is 5.06. The Labute approximate surface area is 101 Å². The summed E-state index contributed by atoms with van der Waals surface area (Å²) in [6, 6.07) is 18.7. The van der Waals surface area contributed by atoms with Gasteiger partial charge in [-0.1, -0.05) is 66.4 Å². The molecule has 0 unspecified atom stereocenters. The zero-order chi connectivity index (χ0) is 12.1. The summed E-state index contributed by atoms with van der Waals surface area (Å²) in [7, 11) is -2.85. The number of hydrogen-bond acceptors (Lipinski definition) is 0. The summed E-state index contributed by atoms with van der Waals surface area (Å²) < 4.78 is 0. The highest BCUT2D eigenvalue weighted by molar-refractivity contribution is 7.82. The summed E-state index contributed by atoms with van der Waals surface area (Å²) in [6.07, 6.45) is 0. The fourth-order valence-corrected chi connectivity index (χ4v) is 3.63. The van der Waals surface area contributed by atoms with E-state index in [0.29, 0.717) is 0 Å². The Kier molecular flexibility index (Phi) is 3.49. The minimum Gasteiger partial charge on any atom is -0.195 e. The first kappa shape index (κ1) is 11.7. The standard InChI is InChI=1S/C15H12OP/c1-2-13-17(16,14-9-5-3-6-10-14)15-11-7-4-8-12-15/h3-12H,1H2. The van der Waals surface area contributed by atoms with E-state index in [4.69, 9.17) is 0 Å². The molecule has 0 spiro atoms. The first-order valence-electron chi connectivity index (χ1n) is 5.28. The topological polar surface area (TPSA) is 19.9 Å². The van der Waals surface area contributed by atoms with E-state index in [9.17, 15) is 4.89 Å². The largest absolute Gasteiger partial charge is 0.195 e. The van der Waals surface area contributed by atoms with Crippen molar-refractivity contribution in [1.82, 2.24) is 0 Å². The maximum atomic E-state index is 13.0. The molecule has 0 aliphatic carbocycles. The first-order chi connectivity index (χ1) is 8.27. The van der Waals surface area contributed by atoms with Crippen LogP contribution in [0.5, 0.6) is 0 Å². The summed E-state index contributed by atoms with van der Waals surface area (Å²) in [6.45, 7) is 3.49. The Hall–Kier alpha value is -1.74. The molecule has 1 radical (unpaired) electrons. The van der Waals surface area contributed by atoms with Crippen molar-refractivity contribution < 1.29 is 4.89 Å². The van der Waals surface area contributed by atoms with Crippen LogP contribution in [0.25, 0.3) is 0 Å². The van der Waals surface area contributed by atoms with Crippen LogP contribution in [0.3, 0.4) is 0 Å². The van der Waals surface area contributed by atoms with E-state index < -0.39 is 7.11 Å². The number of rotatable bonds is 2. The molecule has 0 bridgehead atoms. The smallest absolute Gasteiger partial charge is 0.149 e. The molecule has 2 aromatic carbocycles. The van der Waals surface area contributed by atoms with E-state index in [0.717, 1.165) is 10.6 Å². The number of hydrogen-bond donors (Lipinski definition) is 0. The lowest BCUT2D eigenvalue weighted by Gasteiger charge is -2.14. The molecule has 0 amide bonds. The molecule has 0 saturated carbocycles. The number of benzene rings is 2. The van der Waals surface area contributed by atoms with Crippen LogP contribution >= 0.6 is 7.11 Å². The minimum absolute atomic E-state index is 0.752. The maximum absolute atomic E-state index is 13.0. The summed E-state index contributed by atoms with van der Waals surface area (Å²) in [4.78, 5) is 13.0. The summed E-state index contributed by atoms with van der Waals surface area (Å²) in [5.41, 5.74) is 5.33. The van der Waals surface area contributed by atoms with Gasteiger partial charge in [0.25, 0.3) is 0 Å². The third kappa shape index (κ3) is 2.34. The monoisotopic (exact) mass is 239 g/mol. The van der Waals surface area contributed by atoms with E-state index >= 15 is 0 Å². The fraction of sp³-hybridized carbons (Fsp3) is 0. The molecule has 17 heavy (non-hydrogen) atoms. The van der Waals surface area contributed by atoms with Gasteiger partial charge < -0.3 is 0 Å². The zero-order valence-electron chi connectivity index (χ0n) is 9.34. The second-order valence-corrected chi connectivity index (χ2v) is 6.04. The molecule has 0 aliphatic heterocycles. The van der Waals surface area contributed by atoms with Gasteiger partial charge in [0.1, 0.15) is 7.11 Å². The average molecular weight is 239 g/mol. The van der Waals surface area contributed by atoms with Crippen molar-refractivity contribution in [2.75, 3.05) is 0 Å². The first-order valence-corrected chi connectivity index (χ1v) is 6.99. The summed E-state index contributed by atoms with van der Waals surface area (Å²) in [5, 5.41) is 1.50. The Bertz CT molecular complexity index is 560. The van der Waals surface area contributed by atoms with Crippen LogP contribution < -0.4 is 10.6 Å². The van der Waals surface area contributed by atoms with Crippen LogP contribution in [0.2, 0.25) is 0 Å². The van der Waals surface area contributed by atoms with E-state index in [1.807, 2.05) is 60.7 Å². The molecule has 0 fully saturated rings. The Balaban J connectivity index is 2.74. The van der Waals surface area contributed by atoms with Crippen LogP contribution in [0.4, 0.5) is 0 Å². The molecule has 0 aliphatic rings. The predicted molar refractivity (Wildman–Crippen MR) is 73.9 cm³/mol. The summed E-state index contributed by atoms with van der Waals surface area (Å²) in [5.74, 6) is 0. The van der Waals surface area contributed by atoms with Gasteiger partial charge in [-0.3, -0.25) is 0 Å². The third-order valence-corrected chi connectivity index (χ3v) is 5.00. The lowest BCUT2D eigenvalue weighted by atomic mass is 10.4. The van der Waals surface area contributed by atoms with E-state index in [-0.39, 0.29) is 0 Å². The van der Waals surface area contributed by atoms with E-state index in [1.165, 1.54) is 0 Å². The van der Waals surface area contributed by atoms with Gasteiger partial charge in [0.15, 0.2) is 0 Å². The molecule has 0 atom stereocenters. The van der Waals surface area contributed by atoms with E-state index in [2.05, 4.69) is 17.8 Å². The Morgan fingerprint density at radius 3 is 1.59 bits per heavy atom. The van der Waals surface area contributed by atoms with Crippen LogP contribution in [0.1, 0.15) is 0 Å². The quantitative estimate of drug-likeness (QED) is 0.567. The molecule has 2 heteroatoms. The molecule has 1 nitrogen and oxygen atoms in total. The van der Waals surface area contributed by atoms with Gasteiger partial charge in [0.05, 0.1) is 0 Å². The highest BCUT2D eigenvalue weighted by atomic mass is 31.2. The van der Waals surface area contributed by atoms with Gasteiger partial charge in [-0.05, 0) is 12.0 Å². The Morgan fingerprint density at radius 2 is 1.24 bits per heavy atom. The normalized spacial score (nSPS) is 10.4. The van der Waals surface area contributed by atoms with Crippen LogP contribution in [-0.4, -0.2) is 5.45 Å². The molecule has 2 rings (SSSR count). The van der Waals surface area contributed by atoms with E-state index in [1.54, 1.807) is 0 Å². The summed E-state index contributed by atoms with van der Waals surface area (Å²) >= 11 is 0. The van der Waals surface area contributed by atoms with Gasteiger partial charge in [-0.2, -0.15) is 4.89 Å². The minimum atomic E-state index is -2.85. The van der Waals surface area contributed by atoms with Crippen molar-refractivity contribution in [1.29, 1.82) is 0 Å². The third-order valence-electron chi connectivity index (χ3n) is 2.48. The van der Waals surface area contributed by atoms with Crippen molar-refractivity contribution in [2.24, 2.45) is 0 Å². The average Bonchev–Trinajstić information content (AvgIpc) is 2.41. The Morgan fingerprint density at radius 1 is 0.824 bits per heavy atom. The maximum Gasteiger partial charge on any atom is 0.149 e. The van der Waals surface area contributed by atoms with Crippen molar-refractivity contribution >= 4 is 23.2 Å². The lowest BCUT2D eigenvalue weighted by molar-refractivity contribution is 0.509. The van der Waals surface area contributed by atoms with Crippen molar-refractivity contribution in [3.05, 3.63) is 73.0 Å². The lowest BCUT2D eigenvalue weighted by Crippen LogP contribution is -2.14. The molecule has 0 saturated heterocycles.